The van der Waals surface area contributed by atoms with Crippen LogP contribution in [0.2, 0.25) is 5.02 Å². The molecule has 0 aliphatic carbocycles. The highest BCUT2D eigenvalue weighted by Crippen LogP contribution is 2.21. The third-order valence-corrected chi connectivity index (χ3v) is 4.90. The van der Waals surface area contributed by atoms with Crippen molar-refractivity contribution >= 4 is 23.2 Å². The van der Waals surface area contributed by atoms with Gasteiger partial charge in [0, 0.05) is 21.8 Å². The fourth-order valence-electron chi connectivity index (χ4n) is 3.09. The Balaban J connectivity index is 1.79. The summed E-state index contributed by atoms with van der Waals surface area (Å²) in [6.07, 6.45) is 0. The van der Waals surface area contributed by atoms with Gasteiger partial charge in [-0.3, -0.25) is 4.79 Å². The van der Waals surface area contributed by atoms with Gasteiger partial charge in [-0.1, -0.05) is 78.3 Å². The Morgan fingerprint density at radius 2 is 1.48 bits per heavy atom. The number of quaternary nitrogens is 1. The predicted octanol–water partition coefficient (Wildman–Crippen LogP) is 4.33. The van der Waals surface area contributed by atoms with Crippen LogP contribution in [0.25, 0.3) is 0 Å². The second-order valence-electron chi connectivity index (χ2n) is 6.73. The van der Waals surface area contributed by atoms with Gasteiger partial charge in [0.05, 0.1) is 0 Å². The first-order valence-corrected chi connectivity index (χ1v) is 9.44. The lowest BCUT2D eigenvalue weighted by Crippen LogP contribution is -2.92. The zero-order chi connectivity index (χ0) is 19.2. The van der Waals surface area contributed by atoms with Crippen LogP contribution in [-0.4, -0.2) is 11.9 Å². The minimum absolute atomic E-state index is 0.0442. The van der Waals surface area contributed by atoms with E-state index in [1.165, 1.54) is 11.1 Å². The van der Waals surface area contributed by atoms with E-state index in [1.807, 2.05) is 62.4 Å². The molecule has 3 nitrogen and oxygen atoms in total. The van der Waals surface area contributed by atoms with E-state index in [9.17, 15) is 4.79 Å². The molecule has 1 atom stereocenters. The normalized spacial score (nSPS) is 12.0. The van der Waals surface area contributed by atoms with Crippen LogP contribution >= 0.6 is 11.6 Å². The maximum absolute atomic E-state index is 12.8. The molecule has 0 fully saturated rings. The Morgan fingerprint density at radius 3 is 2.04 bits per heavy atom. The number of anilines is 1. The lowest BCUT2D eigenvalue weighted by atomic mass is 9.98. The molecule has 27 heavy (non-hydrogen) atoms. The number of halogens is 1. The molecule has 3 N–H and O–H groups in total. The molecule has 0 unspecified atom stereocenters. The Morgan fingerprint density at radius 1 is 0.926 bits per heavy atom. The number of carbonyl (C=O) groups is 1. The topological polar surface area (TPSA) is 45.7 Å². The van der Waals surface area contributed by atoms with Gasteiger partial charge >= 0.3 is 0 Å². The van der Waals surface area contributed by atoms with E-state index >= 15 is 0 Å². The number of hydrogen-bond donors (Lipinski definition) is 2. The second-order valence-corrected chi connectivity index (χ2v) is 7.17. The number of nitrogens with one attached hydrogen (secondary N) is 1. The lowest BCUT2D eigenvalue weighted by molar-refractivity contribution is -0.704. The second kappa shape index (κ2) is 8.85. The molecule has 0 saturated heterocycles. The summed E-state index contributed by atoms with van der Waals surface area (Å²) >= 11 is 6.07. The fourth-order valence-corrected chi connectivity index (χ4v) is 3.26. The van der Waals surface area contributed by atoms with E-state index in [4.69, 9.17) is 11.6 Å². The highest BCUT2D eigenvalue weighted by molar-refractivity contribution is 6.31. The minimum Gasteiger partial charge on any atom is -0.326 e. The van der Waals surface area contributed by atoms with Crippen LogP contribution in [-0.2, 0) is 4.79 Å². The zero-order valence-corrected chi connectivity index (χ0v) is 16.3. The average molecular weight is 380 g/mol. The summed E-state index contributed by atoms with van der Waals surface area (Å²) in [6.45, 7) is 3.88. The Bertz CT molecular complexity index is 857. The molecule has 1 amide bonds. The number of aryl methyl sites for hydroxylation is 1. The van der Waals surface area contributed by atoms with Crippen molar-refractivity contribution in [3.05, 3.63) is 101 Å². The molecule has 0 bridgehead atoms. The molecule has 0 saturated carbocycles. The summed E-state index contributed by atoms with van der Waals surface area (Å²) in [5.74, 6) is -0.0442. The SMILES string of the molecule is Cc1ccc(Cl)cc1NC(=O)[C@H](C)[NH2+]C(c1ccccc1)c1ccccc1. The summed E-state index contributed by atoms with van der Waals surface area (Å²) < 4.78 is 0. The molecular weight excluding hydrogens is 356 g/mol. The molecule has 0 spiro atoms. The molecule has 0 aromatic heterocycles. The van der Waals surface area contributed by atoms with E-state index in [0.29, 0.717) is 5.02 Å². The minimum atomic E-state index is -0.270. The molecule has 3 aromatic carbocycles. The summed E-state index contributed by atoms with van der Waals surface area (Å²) in [6, 6.07) is 25.8. The van der Waals surface area contributed by atoms with Crippen LogP contribution < -0.4 is 10.6 Å². The van der Waals surface area contributed by atoms with Gasteiger partial charge in [0.15, 0.2) is 6.04 Å². The van der Waals surface area contributed by atoms with Crippen molar-refractivity contribution in [3.8, 4) is 0 Å². The van der Waals surface area contributed by atoms with Crippen molar-refractivity contribution in [2.75, 3.05) is 5.32 Å². The molecule has 138 valence electrons. The Hall–Kier alpha value is -2.62. The van der Waals surface area contributed by atoms with Crippen molar-refractivity contribution in [3.63, 3.8) is 0 Å². The highest BCUT2D eigenvalue weighted by atomic mass is 35.5. The molecule has 3 aromatic rings. The van der Waals surface area contributed by atoms with Crippen molar-refractivity contribution < 1.29 is 10.1 Å². The molecule has 3 rings (SSSR count). The van der Waals surface area contributed by atoms with Crippen LogP contribution in [0.15, 0.2) is 78.9 Å². The molecule has 0 radical (unpaired) electrons. The predicted molar refractivity (Wildman–Crippen MR) is 111 cm³/mol. The van der Waals surface area contributed by atoms with Crippen molar-refractivity contribution in [2.45, 2.75) is 25.9 Å². The zero-order valence-electron chi connectivity index (χ0n) is 15.5. The molecule has 0 aliphatic heterocycles. The van der Waals surface area contributed by atoms with E-state index < -0.39 is 0 Å². The first-order chi connectivity index (χ1) is 13.0. The molecule has 0 heterocycles. The van der Waals surface area contributed by atoms with Crippen molar-refractivity contribution in [1.82, 2.24) is 0 Å². The number of nitrogens with two attached hydrogens (primary N) is 1. The first kappa shape index (κ1) is 19.2. The molecular formula is C23H24ClN2O+. The largest absolute Gasteiger partial charge is 0.326 e. The third kappa shape index (κ3) is 4.97. The number of benzene rings is 3. The lowest BCUT2D eigenvalue weighted by Gasteiger charge is -2.21. The number of amides is 1. The summed E-state index contributed by atoms with van der Waals surface area (Å²) in [5.41, 5.74) is 4.08. The maximum Gasteiger partial charge on any atom is 0.282 e. The monoisotopic (exact) mass is 379 g/mol. The summed E-state index contributed by atoms with van der Waals surface area (Å²) in [5, 5.41) is 5.71. The number of rotatable bonds is 6. The fraction of sp³-hybridized carbons (Fsp3) is 0.174. The quantitative estimate of drug-likeness (QED) is 0.658. The van der Waals surface area contributed by atoms with Gasteiger partial charge in [-0.05, 0) is 31.5 Å². The van der Waals surface area contributed by atoms with Crippen molar-refractivity contribution in [2.24, 2.45) is 0 Å². The van der Waals surface area contributed by atoms with E-state index in [2.05, 4.69) is 34.9 Å². The van der Waals surface area contributed by atoms with Crippen LogP contribution in [0.3, 0.4) is 0 Å². The molecule has 0 aliphatic rings. The van der Waals surface area contributed by atoms with Crippen molar-refractivity contribution in [1.29, 1.82) is 0 Å². The number of carbonyl (C=O) groups excluding carboxylic acids is 1. The highest BCUT2D eigenvalue weighted by Gasteiger charge is 2.25. The Kier molecular flexibility index (Phi) is 6.28. The van der Waals surface area contributed by atoms with Gasteiger partial charge in [-0.25, -0.2) is 0 Å². The van der Waals surface area contributed by atoms with Crippen LogP contribution in [0.4, 0.5) is 5.69 Å². The van der Waals surface area contributed by atoms with Gasteiger partial charge in [0.25, 0.3) is 5.91 Å². The smallest absolute Gasteiger partial charge is 0.282 e. The standard InChI is InChI=1S/C23H23ClN2O/c1-16-13-14-20(24)15-21(16)26-23(27)17(2)25-22(18-9-5-3-6-10-18)19-11-7-4-8-12-19/h3-15,17,22,25H,1-2H3,(H,26,27)/p+1/t17-/m0/s1. The summed E-state index contributed by atoms with van der Waals surface area (Å²) in [7, 11) is 0. The average Bonchev–Trinajstić information content (AvgIpc) is 2.70. The van der Waals surface area contributed by atoms with Gasteiger partial charge in [0.1, 0.15) is 6.04 Å². The molecule has 4 heteroatoms. The van der Waals surface area contributed by atoms with Crippen LogP contribution in [0.5, 0.6) is 0 Å². The van der Waals surface area contributed by atoms with Gasteiger partial charge < -0.3 is 10.6 Å². The van der Waals surface area contributed by atoms with E-state index in [-0.39, 0.29) is 18.0 Å². The van der Waals surface area contributed by atoms with Crippen LogP contribution in [0.1, 0.15) is 29.7 Å². The van der Waals surface area contributed by atoms with Gasteiger partial charge in [-0.2, -0.15) is 0 Å². The van der Waals surface area contributed by atoms with Gasteiger partial charge in [-0.15, -0.1) is 0 Å². The van der Waals surface area contributed by atoms with E-state index in [1.54, 1.807) is 6.07 Å². The first-order valence-electron chi connectivity index (χ1n) is 9.06. The maximum atomic E-state index is 12.8. The Labute approximate surface area is 165 Å². The third-order valence-electron chi connectivity index (χ3n) is 4.67. The summed E-state index contributed by atoms with van der Waals surface area (Å²) in [4.78, 5) is 12.8. The van der Waals surface area contributed by atoms with Crippen LogP contribution in [0, 0.1) is 6.92 Å². The van der Waals surface area contributed by atoms with E-state index in [0.717, 1.165) is 11.3 Å². The van der Waals surface area contributed by atoms with Gasteiger partial charge in [0.2, 0.25) is 0 Å². The number of hydrogen-bond acceptors (Lipinski definition) is 1.